The molecule has 0 bridgehead atoms. The second-order valence-electron chi connectivity index (χ2n) is 5.10. The number of thiophene rings is 1. The molecule has 1 heterocycles. The molecule has 0 radical (unpaired) electrons. The fraction of sp³-hybridized carbons (Fsp3) is 0.333. The summed E-state index contributed by atoms with van der Waals surface area (Å²) in [6.07, 6.45) is 2.12. The molecule has 0 amide bonds. The molecule has 2 unspecified atom stereocenters. The summed E-state index contributed by atoms with van der Waals surface area (Å²) in [6, 6.07) is 12.6. The smallest absolute Gasteiger partial charge is 0.0932 e. The van der Waals surface area contributed by atoms with Gasteiger partial charge >= 0.3 is 0 Å². The molecule has 2 N–H and O–H groups in total. The van der Waals surface area contributed by atoms with Crippen molar-refractivity contribution in [2.24, 2.45) is 5.73 Å². The standard InChI is InChI=1S/C15H16ClNS/c1-10-8-9-15(17,13-6-7-14(16)18-13)12-5-3-2-4-11(10)12/h2-7,10H,8-9,17H2,1H3. The Kier molecular flexibility index (Phi) is 2.97. The van der Waals surface area contributed by atoms with Crippen molar-refractivity contribution in [3.05, 3.63) is 56.7 Å². The van der Waals surface area contributed by atoms with Crippen LogP contribution in [0.4, 0.5) is 0 Å². The highest BCUT2D eigenvalue weighted by Gasteiger charge is 2.37. The molecule has 2 aromatic rings. The summed E-state index contributed by atoms with van der Waals surface area (Å²) in [5.41, 5.74) is 9.01. The van der Waals surface area contributed by atoms with Crippen molar-refractivity contribution in [3.63, 3.8) is 0 Å². The highest BCUT2D eigenvalue weighted by Crippen LogP contribution is 2.45. The first kappa shape index (κ1) is 12.2. The van der Waals surface area contributed by atoms with Gasteiger partial charge in [-0.15, -0.1) is 11.3 Å². The van der Waals surface area contributed by atoms with Gasteiger partial charge in [-0.3, -0.25) is 0 Å². The SMILES string of the molecule is CC1CCC(N)(c2ccc(Cl)s2)c2ccccc21. The molecule has 0 fully saturated rings. The van der Waals surface area contributed by atoms with Crippen molar-refractivity contribution in [2.45, 2.75) is 31.2 Å². The zero-order chi connectivity index (χ0) is 12.8. The van der Waals surface area contributed by atoms with E-state index in [2.05, 4.69) is 37.3 Å². The van der Waals surface area contributed by atoms with E-state index in [1.807, 2.05) is 6.07 Å². The molecule has 0 aliphatic heterocycles. The van der Waals surface area contributed by atoms with E-state index < -0.39 is 0 Å². The van der Waals surface area contributed by atoms with Gasteiger partial charge in [0.25, 0.3) is 0 Å². The first-order valence-electron chi connectivity index (χ1n) is 6.25. The molecule has 94 valence electrons. The van der Waals surface area contributed by atoms with Crippen LogP contribution in [0.2, 0.25) is 4.34 Å². The first-order valence-corrected chi connectivity index (χ1v) is 7.45. The molecule has 3 rings (SSSR count). The minimum Gasteiger partial charge on any atom is -0.317 e. The number of fused-ring (bicyclic) bond motifs is 1. The molecule has 1 aliphatic rings. The number of hydrogen-bond acceptors (Lipinski definition) is 2. The predicted octanol–water partition coefficient (Wildman–Crippen LogP) is 4.50. The van der Waals surface area contributed by atoms with Crippen molar-refractivity contribution in [1.29, 1.82) is 0 Å². The van der Waals surface area contributed by atoms with E-state index in [0.29, 0.717) is 5.92 Å². The van der Waals surface area contributed by atoms with E-state index in [0.717, 1.165) is 17.2 Å². The first-order chi connectivity index (χ1) is 8.61. The van der Waals surface area contributed by atoms with Crippen molar-refractivity contribution >= 4 is 22.9 Å². The minimum absolute atomic E-state index is 0.360. The van der Waals surface area contributed by atoms with E-state index in [4.69, 9.17) is 17.3 Å². The average molecular weight is 278 g/mol. The molecule has 1 nitrogen and oxygen atoms in total. The molecule has 0 saturated carbocycles. The molecule has 3 heteroatoms. The molecule has 18 heavy (non-hydrogen) atoms. The van der Waals surface area contributed by atoms with Crippen molar-refractivity contribution < 1.29 is 0 Å². The van der Waals surface area contributed by atoms with Crippen LogP contribution in [0.25, 0.3) is 0 Å². The Balaban J connectivity index is 2.17. The van der Waals surface area contributed by atoms with Crippen LogP contribution in [0.3, 0.4) is 0 Å². The second-order valence-corrected chi connectivity index (χ2v) is 6.82. The van der Waals surface area contributed by atoms with Gasteiger partial charge in [-0.2, -0.15) is 0 Å². The van der Waals surface area contributed by atoms with Crippen molar-refractivity contribution in [2.75, 3.05) is 0 Å². The van der Waals surface area contributed by atoms with Crippen molar-refractivity contribution in [1.82, 2.24) is 0 Å². The summed E-state index contributed by atoms with van der Waals surface area (Å²) in [5, 5.41) is 0. The monoisotopic (exact) mass is 277 g/mol. The lowest BCUT2D eigenvalue weighted by Gasteiger charge is -2.37. The largest absolute Gasteiger partial charge is 0.317 e. The van der Waals surface area contributed by atoms with Gasteiger partial charge in [0.05, 0.1) is 9.88 Å². The third kappa shape index (κ3) is 1.80. The molecule has 0 saturated heterocycles. The molecular weight excluding hydrogens is 262 g/mol. The average Bonchev–Trinajstić information content (AvgIpc) is 2.82. The van der Waals surface area contributed by atoms with Gasteiger partial charge in [0.1, 0.15) is 0 Å². The Bertz CT molecular complexity index is 577. The van der Waals surface area contributed by atoms with Gasteiger partial charge in [0, 0.05) is 4.88 Å². The van der Waals surface area contributed by atoms with Crippen LogP contribution in [0.1, 0.15) is 41.7 Å². The van der Waals surface area contributed by atoms with Crippen LogP contribution in [0.15, 0.2) is 36.4 Å². The summed E-state index contributed by atoms with van der Waals surface area (Å²) in [4.78, 5) is 1.17. The van der Waals surface area contributed by atoms with Crippen LogP contribution >= 0.6 is 22.9 Å². The zero-order valence-corrected chi connectivity index (χ0v) is 11.9. The molecule has 1 aliphatic carbocycles. The molecule has 1 aromatic carbocycles. The van der Waals surface area contributed by atoms with Crippen LogP contribution in [-0.2, 0) is 5.54 Å². The normalized spacial score (nSPS) is 26.9. The lowest BCUT2D eigenvalue weighted by atomic mass is 9.72. The number of nitrogens with two attached hydrogens (primary N) is 1. The Labute approximate surface area is 117 Å². The maximum absolute atomic E-state index is 6.72. The summed E-state index contributed by atoms with van der Waals surface area (Å²) in [6.45, 7) is 2.28. The van der Waals surface area contributed by atoms with Gasteiger partial charge in [0.15, 0.2) is 0 Å². The number of benzene rings is 1. The fourth-order valence-corrected chi connectivity index (χ4v) is 4.07. The van der Waals surface area contributed by atoms with Crippen LogP contribution in [-0.4, -0.2) is 0 Å². The van der Waals surface area contributed by atoms with Crippen molar-refractivity contribution in [3.8, 4) is 0 Å². The maximum Gasteiger partial charge on any atom is 0.0932 e. The second kappa shape index (κ2) is 4.37. The summed E-state index contributed by atoms with van der Waals surface area (Å²) >= 11 is 7.66. The minimum atomic E-state index is -0.360. The Morgan fingerprint density at radius 1 is 1.28 bits per heavy atom. The highest BCUT2D eigenvalue weighted by molar-refractivity contribution is 7.16. The Morgan fingerprint density at radius 2 is 2.06 bits per heavy atom. The zero-order valence-electron chi connectivity index (χ0n) is 10.3. The summed E-state index contributed by atoms with van der Waals surface area (Å²) in [7, 11) is 0. The van der Waals surface area contributed by atoms with E-state index in [9.17, 15) is 0 Å². The number of halogens is 1. The summed E-state index contributed by atoms with van der Waals surface area (Å²) in [5.74, 6) is 0.591. The third-order valence-electron chi connectivity index (χ3n) is 3.96. The molecule has 1 aromatic heterocycles. The van der Waals surface area contributed by atoms with Crippen LogP contribution < -0.4 is 5.73 Å². The van der Waals surface area contributed by atoms with E-state index in [-0.39, 0.29) is 5.54 Å². The van der Waals surface area contributed by atoms with E-state index >= 15 is 0 Å². The van der Waals surface area contributed by atoms with Gasteiger partial charge in [-0.05, 0) is 42.0 Å². The lowest BCUT2D eigenvalue weighted by molar-refractivity contribution is 0.418. The van der Waals surface area contributed by atoms with Gasteiger partial charge in [-0.1, -0.05) is 42.8 Å². The summed E-state index contributed by atoms with van der Waals surface area (Å²) < 4.78 is 0.811. The van der Waals surface area contributed by atoms with E-state index in [1.165, 1.54) is 16.0 Å². The third-order valence-corrected chi connectivity index (χ3v) is 5.37. The fourth-order valence-electron chi connectivity index (χ4n) is 2.88. The van der Waals surface area contributed by atoms with Gasteiger partial charge in [0.2, 0.25) is 0 Å². The lowest BCUT2D eigenvalue weighted by Crippen LogP contribution is -2.41. The Morgan fingerprint density at radius 3 is 2.78 bits per heavy atom. The van der Waals surface area contributed by atoms with Gasteiger partial charge < -0.3 is 5.73 Å². The maximum atomic E-state index is 6.72. The number of rotatable bonds is 1. The topological polar surface area (TPSA) is 26.0 Å². The van der Waals surface area contributed by atoms with Gasteiger partial charge in [-0.25, -0.2) is 0 Å². The molecule has 2 atom stereocenters. The van der Waals surface area contributed by atoms with Crippen LogP contribution in [0.5, 0.6) is 0 Å². The quantitative estimate of drug-likeness (QED) is 0.816. The van der Waals surface area contributed by atoms with E-state index in [1.54, 1.807) is 11.3 Å². The Hall–Kier alpha value is -0.830. The molecular formula is C15H16ClNS. The van der Waals surface area contributed by atoms with Crippen LogP contribution in [0, 0.1) is 0 Å². The predicted molar refractivity (Wildman–Crippen MR) is 78.4 cm³/mol. The highest BCUT2D eigenvalue weighted by atomic mass is 35.5. The number of hydrogen-bond donors (Lipinski definition) is 1. The molecule has 0 spiro atoms.